The summed E-state index contributed by atoms with van der Waals surface area (Å²) in [5.41, 5.74) is 1.44. The molecule has 0 bridgehead atoms. The lowest BCUT2D eigenvalue weighted by Crippen LogP contribution is -2.44. The van der Waals surface area contributed by atoms with Crippen LogP contribution in [-0.4, -0.2) is 35.6 Å². The molecular weight excluding hydrogens is 338 g/mol. The van der Waals surface area contributed by atoms with E-state index in [0.717, 1.165) is 0 Å². The summed E-state index contributed by atoms with van der Waals surface area (Å²) in [5.74, 6) is 1.05. The Kier molecular flexibility index (Phi) is 5.13. The second kappa shape index (κ2) is 7.47. The summed E-state index contributed by atoms with van der Waals surface area (Å²) in [6.45, 7) is 0.537. The van der Waals surface area contributed by atoms with E-state index in [4.69, 9.17) is 11.6 Å². The highest BCUT2D eigenvalue weighted by Gasteiger charge is 2.33. The molecule has 1 unspecified atom stereocenters. The third-order valence-electron chi connectivity index (χ3n) is 4.34. The zero-order valence-electron chi connectivity index (χ0n) is 13.4. The SMILES string of the molecule is O=C=C(c1ccc(Cl)cc1)C1CN(C(=O)c2ccccc2)CCC1=O. The predicted molar refractivity (Wildman–Crippen MR) is 96.0 cm³/mol. The molecule has 2 aromatic carbocycles. The van der Waals surface area contributed by atoms with Crippen molar-refractivity contribution in [2.24, 2.45) is 5.92 Å². The lowest BCUT2D eigenvalue weighted by molar-refractivity contribution is -0.123. The number of hydrogen-bond acceptors (Lipinski definition) is 3. The van der Waals surface area contributed by atoms with Crippen molar-refractivity contribution in [2.45, 2.75) is 6.42 Å². The third kappa shape index (κ3) is 3.71. The lowest BCUT2D eigenvalue weighted by atomic mass is 9.86. The van der Waals surface area contributed by atoms with Crippen molar-refractivity contribution < 1.29 is 14.4 Å². The lowest BCUT2D eigenvalue weighted by Gasteiger charge is -2.32. The highest BCUT2D eigenvalue weighted by atomic mass is 35.5. The summed E-state index contributed by atoms with van der Waals surface area (Å²) in [5, 5.41) is 0.546. The van der Waals surface area contributed by atoms with Crippen molar-refractivity contribution in [1.82, 2.24) is 4.90 Å². The van der Waals surface area contributed by atoms with Crippen LogP contribution < -0.4 is 0 Å². The Morgan fingerprint density at radius 3 is 2.36 bits per heavy atom. The molecule has 0 aliphatic carbocycles. The molecule has 1 aliphatic rings. The molecule has 1 atom stereocenters. The van der Waals surface area contributed by atoms with Crippen LogP contribution in [0.1, 0.15) is 22.3 Å². The van der Waals surface area contributed by atoms with Gasteiger partial charge in [-0.2, -0.15) is 0 Å². The molecule has 3 rings (SSSR count). The van der Waals surface area contributed by atoms with Gasteiger partial charge in [0.2, 0.25) is 0 Å². The normalized spacial score (nSPS) is 17.1. The molecule has 1 aliphatic heterocycles. The van der Waals surface area contributed by atoms with E-state index in [9.17, 15) is 14.4 Å². The van der Waals surface area contributed by atoms with Gasteiger partial charge < -0.3 is 4.90 Å². The zero-order valence-corrected chi connectivity index (χ0v) is 14.2. The molecule has 1 amide bonds. The minimum Gasteiger partial charge on any atom is -0.337 e. The molecule has 1 saturated heterocycles. The highest BCUT2D eigenvalue weighted by Crippen LogP contribution is 2.28. The third-order valence-corrected chi connectivity index (χ3v) is 4.59. The Morgan fingerprint density at radius 2 is 1.72 bits per heavy atom. The number of hydrogen-bond donors (Lipinski definition) is 0. The molecule has 5 heteroatoms. The Balaban J connectivity index is 1.85. The first kappa shape index (κ1) is 17.2. The highest BCUT2D eigenvalue weighted by molar-refractivity contribution is 6.30. The van der Waals surface area contributed by atoms with Crippen molar-refractivity contribution in [3.8, 4) is 0 Å². The van der Waals surface area contributed by atoms with Crippen LogP contribution in [0.4, 0.5) is 0 Å². The van der Waals surface area contributed by atoms with Crippen molar-refractivity contribution >= 4 is 34.8 Å². The molecule has 126 valence electrons. The average molecular weight is 354 g/mol. The van der Waals surface area contributed by atoms with Crippen LogP contribution in [0.3, 0.4) is 0 Å². The molecule has 0 radical (unpaired) electrons. The van der Waals surface area contributed by atoms with Gasteiger partial charge in [0, 0.05) is 30.1 Å². The van der Waals surface area contributed by atoms with Gasteiger partial charge in [0.1, 0.15) is 11.7 Å². The number of amides is 1. The van der Waals surface area contributed by atoms with Gasteiger partial charge in [0.15, 0.2) is 0 Å². The van der Waals surface area contributed by atoms with Gasteiger partial charge in [-0.15, -0.1) is 0 Å². The van der Waals surface area contributed by atoms with Gasteiger partial charge in [-0.3, -0.25) is 9.59 Å². The molecule has 4 nitrogen and oxygen atoms in total. The summed E-state index contributed by atoms with van der Waals surface area (Å²) in [4.78, 5) is 38.2. The predicted octanol–water partition coefficient (Wildman–Crippen LogP) is 3.29. The summed E-state index contributed by atoms with van der Waals surface area (Å²) in [6, 6.07) is 15.6. The maximum Gasteiger partial charge on any atom is 0.253 e. The molecule has 0 spiro atoms. The van der Waals surface area contributed by atoms with Gasteiger partial charge in [0.25, 0.3) is 5.91 Å². The molecule has 0 saturated carbocycles. The zero-order chi connectivity index (χ0) is 17.8. The van der Waals surface area contributed by atoms with Crippen LogP contribution in [0.25, 0.3) is 5.57 Å². The maximum atomic E-state index is 12.6. The van der Waals surface area contributed by atoms with Crippen molar-refractivity contribution in [3.63, 3.8) is 0 Å². The minimum atomic E-state index is -0.667. The minimum absolute atomic E-state index is 0.0505. The van der Waals surface area contributed by atoms with Crippen LogP contribution in [0, 0.1) is 5.92 Å². The molecule has 25 heavy (non-hydrogen) atoms. The van der Waals surface area contributed by atoms with Crippen LogP contribution in [0.15, 0.2) is 54.6 Å². The Morgan fingerprint density at radius 1 is 1.04 bits per heavy atom. The van der Waals surface area contributed by atoms with Gasteiger partial charge >= 0.3 is 0 Å². The van der Waals surface area contributed by atoms with Crippen molar-refractivity contribution in [1.29, 1.82) is 0 Å². The van der Waals surface area contributed by atoms with E-state index in [-0.39, 0.29) is 30.2 Å². The van der Waals surface area contributed by atoms with Crippen molar-refractivity contribution in [3.05, 3.63) is 70.7 Å². The first-order chi connectivity index (χ1) is 12.1. The number of piperidine rings is 1. The van der Waals surface area contributed by atoms with E-state index in [1.807, 2.05) is 12.0 Å². The number of Topliss-reactive ketones (excluding diaryl/α,β-unsaturated/α-hetero) is 1. The Hall–Kier alpha value is -2.68. The fraction of sp³-hybridized carbons (Fsp3) is 0.200. The maximum absolute atomic E-state index is 12.6. The standard InChI is InChI=1S/C20H16ClNO3/c21-16-8-6-14(7-9-16)18(13-23)17-12-22(11-10-19(17)24)20(25)15-4-2-1-3-5-15/h1-9,17H,10-12H2. The average Bonchev–Trinajstić information content (AvgIpc) is 2.65. The Labute approximate surface area is 150 Å². The monoisotopic (exact) mass is 353 g/mol. The molecular formula is C20H16ClNO3. The summed E-state index contributed by atoms with van der Waals surface area (Å²) >= 11 is 5.88. The fourth-order valence-corrected chi connectivity index (χ4v) is 3.12. The molecule has 0 aromatic heterocycles. The van der Waals surface area contributed by atoms with Crippen LogP contribution >= 0.6 is 11.6 Å². The second-order valence-corrected chi connectivity index (χ2v) is 6.35. The van der Waals surface area contributed by atoms with E-state index < -0.39 is 5.92 Å². The molecule has 2 aromatic rings. The number of rotatable bonds is 3. The number of carbonyl (C=O) groups is 2. The van der Waals surface area contributed by atoms with E-state index >= 15 is 0 Å². The number of carbonyl (C=O) groups excluding carboxylic acids is 3. The van der Waals surface area contributed by atoms with Crippen molar-refractivity contribution in [2.75, 3.05) is 13.1 Å². The first-order valence-corrected chi connectivity index (χ1v) is 8.36. The van der Waals surface area contributed by atoms with E-state index in [1.54, 1.807) is 53.4 Å². The summed E-state index contributed by atoms with van der Waals surface area (Å²) in [6.07, 6.45) is 0.224. The molecule has 1 heterocycles. The summed E-state index contributed by atoms with van der Waals surface area (Å²) < 4.78 is 0. The molecule has 1 fully saturated rings. The fourth-order valence-electron chi connectivity index (χ4n) is 2.99. The van der Waals surface area contributed by atoms with Gasteiger partial charge in [-0.1, -0.05) is 41.9 Å². The van der Waals surface area contributed by atoms with Gasteiger partial charge in [-0.25, -0.2) is 4.79 Å². The number of nitrogens with zero attached hydrogens (tertiary/aromatic N) is 1. The number of likely N-dealkylation sites (tertiary alicyclic amines) is 1. The summed E-state index contributed by atoms with van der Waals surface area (Å²) in [7, 11) is 0. The van der Waals surface area contributed by atoms with Crippen LogP contribution in [0.2, 0.25) is 5.02 Å². The van der Waals surface area contributed by atoms with E-state index in [2.05, 4.69) is 0 Å². The second-order valence-electron chi connectivity index (χ2n) is 5.91. The number of ketones is 1. The Bertz CT molecular complexity index is 839. The number of halogens is 1. The molecule has 0 N–H and O–H groups in total. The topological polar surface area (TPSA) is 54.5 Å². The van der Waals surface area contributed by atoms with E-state index in [0.29, 0.717) is 22.7 Å². The van der Waals surface area contributed by atoms with Gasteiger partial charge in [0.05, 0.1) is 11.5 Å². The van der Waals surface area contributed by atoms with E-state index in [1.165, 1.54) is 0 Å². The van der Waals surface area contributed by atoms with Gasteiger partial charge in [-0.05, 0) is 29.8 Å². The van der Waals surface area contributed by atoms with Crippen LogP contribution in [0.5, 0.6) is 0 Å². The smallest absolute Gasteiger partial charge is 0.253 e. The van der Waals surface area contributed by atoms with Crippen LogP contribution in [-0.2, 0) is 9.59 Å². The first-order valence-electron chi connectivity index (χ1n) is 7.98. The largest absolute Gasteiger partial charge is 0.337 e. The number of benzene rings is 2. The quantitative estimate of drug-likeness (QED) is 0.796.